The first-order valence-corrected chi connectivity index (χ1v) is 12.5. The quantitative estimate of drug-likeness (QED) is 0.485. The minimum atomic E-state index is -3.43. The van der Waals surface area contributed by atoms with Gasteiger partial charge in [-0.05, 0) is 55.5 Å². The maximum atomic E-state index is 12.6. The molecular formula is C25H28N2O5S. The Labute approximate surface area is 194 Å². The SMILES string of the molecule is CC(Oc1cccc2ccccc12)C(=O)NCCOc1ccc(S(=O)(=O)N2CCCC2)cc1. The molecule has 3 aromatic rings. The number of benzene rings is 3. The van der Waals surface area contributed by atoms with Crippen molar-refractivity contribution in [3.8, 4) is 11.5 Å². The number of ether oxygens (including phenoxy) is 2. The zero-order valence-corrected chi connectivity index (χ0v) is 19.4. The second kappa shape index (κ2) is 10.2. The van der Waals surface area contributed by atoms with Gasteiger partial charge in [0.15, 0.2) is 6.10 Å². The van der Waals surface area contributed by atoms with Gasteiger partial charge >= 0.3 is 0 Å². The first-order chi connectivity index (χ1) is 15.9. The molecule has 1 atom stereocenters. The van der Waals surface area contributed by atoms with Gasteiger partial charge in [-0.2, -0.15) is 4.31 Å². The number of amides is 1. The summed E-state index contributed by atoms with van der Waals surface area (Å²) in [5, 5.41) is 4.81. The summed E-state index contributed by atoms with van der Waals surface area (Å²) < 4.78 is 38.2. The van der Waals surface area contributed by atoms with Crippen molar-refractivity contribution in [3.63, 3.8) is 0 Å². The van der Waals surface area contributed by atoms with Crippen LogP contribution in [0.15, 0.2) is 71.6 Å². The van der Waals surface area contributed by atoms with E-state index >= 15 is 0 Å². The molecular weight excluding hydrogens is 440 g/mol. The Morgan fingerprint density at radius 1 is 1.00 bits per heavy atom. The van der Waals surface area contributed by atoms with Gasteiger partial charge < -0.3 is 14.8 Å². The van der Waals surface area contributed by atoms with E-state index in [0.29, 0.717) is 31.1 Å². The lowest BCUT2D eigenvalue weighted by Gasteiger charge is -2.17. The smallest absolute Gasteiger partial charge is 0.260 e. The maximum absolute atomic E-state index is 12.6. The third-order valence-electron chi connectivity index (χ3n) is 5.62. The first-order valence-electron chi connectivity index (χ1n) is 11.1. The van der Waals surface area contributed by atoms with Gasteiger partial charge in [0.25, 0.3) is 5.91 Å². The molecule has 1 unspecified atom stereocenters. The van der Waals surface area contributed by atoms with E-state index in [4.69, 9.17) is 9.47 Å². The minimum Gasteiger partial charge on any atom is -0.492 e. The highest BCUT2D eigenvalue weighted by Crippen LogP contribution is 2.26. The third kappa shape index (κ3) is 5.46. The van der Waals surface area contributed by atoms with Crippen LogP contribution in [0.4, 0.5) is 0 Å². The van der Waals surface area contributed by atoms with Gasteiger partial charge in [0, 0.05) is 18.5 Å². The molecule has 0 aromatic heterocycles. The van der Waals surface area contributed by atoms with E-state index in [2.05, 4.69) is 5.32 Å². The fourth-order valence-electron chi connectivity index (χ4n) is 3.81. The molecule has 0 radical (unpaired) electrons. The normalized spacial score (nSPS) is 15.3. The van der Waals surface area contributed by atoms with Crippen LogP contribution in [0.25, 0.3) is 10.8 Å². The molecule has 1 aliphatic heterocycles. The fourth-order valence-corrected chi connectivity index (χ4v) is 5.33. The molecule has 4 rings (SSSR count). The largest absolute Gasteiger partial charge is 0.492 e. The van der Waals surface area contributed by atoms with Gasteiger partial charge in [-0.1, -0.05) is 36.4 Å². The summed E-state index contributed by atoms with van der Waals surface area (Å²) in [4.78, 5) is 12.7. The molecule has 1 aliphatic rings. The van der Waals surface area contributed by atoms with Crippen molar-refractivity contribution in [2.75, 3.05) is 26.2 Å². The summed E-state index contributed by atoms with van der Waals surface area (Å²) in [6, 6.07) is 20.0. The second-order valence-electron chi connectivity index (χ2n) is 7.96. The number of rotatable bonds is 9. The van der Waals surface area contributed by atoms with Crippen LogP contribution in [0.2, 0.25) is 0 Å². The van der Waals surface area contributed by atoms with Crippen LogP contribution < -0.4 is 14.8 Å². The average molecular weight is 469 g/mol. The van der Waals surface area contributed by atoms with E-state index in [0.717, 1.165) is 23.6 Å². The average Bonchev–Trinajstić information content (AvgIpc) is 3.38. The summed E-state index contributed by atoms with van der Waals surface area (Å²) >= 11 is 0. The summed E-state index contributed by atoms with van der Waals surface area (Å²) in [6.07, 6.45) is 1.14. The standard InChI is InChI=1S/C25H28N2O5S/c1-19(32-24-10-6-8-20-7-2-3-9-23(20)24)25(28)26-15-18-31-21-11-13-22(14-12-21)33(29,30)27-16-4-5-17-27/h2-3,6-14,19H,4-5,15-18H2,1H3,(H,26,28). The van der Waals surface area contributed by atoms with Gasteiger partial charge in [-0.15, -0.1) is 0 Å². The van der Waals surface area contributed by atoms with Gasteiger partial charge in [-0.25, -0.2) is 8.42 Å². The van der Waals surface area contributed by atoms with Crippen LogP contribution in [0.1, 0.15) is 19.8 Å². The van der Waals surface area contributed by atoms with Crippen molar-refractivity contribution in [3.05, 3.63) is 66.7 Å². The van der Waals surface area contributed by atoms with Gasteiger partial charge in [0.05, 0.1) is 11.4 Å². The monoisotopic (exact) mass is 468 g/mol. The molecule has 0 saturated carbocycles. The zero-order valence-electron chi connectivity index (χ0n) is 18.6. The Kier molecular flexibility index (Phi) is 7.15. The summed E-state index contributed by atoms with van der Waals surface area (Å²) in [5.74, 6) is 0.972. The van der Waals surface area contributed by atoms with Gasteiger partial charge in [0.2, 0.25) is 10.0 Å². The summed E-state index contributed by atoms with van der Waals surface area (Å²) in [6.45, 7) is 3.41. The highest BCUT2D eigenvalue weighted by atomic mass is 32.2. The van der Waals surface area contributed by atoms with Gasteiger partial charge in [-0.3, -0.25) is 4.79 Å². The molecule has 0 bridgehead atoms. The number of carbonyl (C=O) groups is 1. The van der Waals surface area contributed by atoms with Crippen LogP contribution in [-0.4, -0.2) is 51.0 Å². The molecule has 0 aliphatic carbocycles. The molecule has 1 amide bonds. The Morgan fingerprint density at radius 2 is 1.70 bits per heavy atom. The Hall–Kier alpha value is -3.10. The molecule has 1 N–H and O–H groups in total. The van der Waals surface area contributed by atoms with E-state index in [9.17, 15) is 13.2 Å². The number of hydrogen-bond acceptors (Lipinski definition) is 5. The van der Waals surface area contributed by atoms with Crippen LogP contribution in [-0.2, 0) is 14.8 Å². The predicted octanol–water partition coefficient (Wildman–Crippen LogP) is 3.59. The summed E-state index contributed by atoms with van der Waals surface area (Å²) in [5.41, 5.74) is 0. The highest BCUT2D eigenvalue weighted by molar-refractivity contribution is 7.89. The second-order valence-corrected chi connectivity index (χ2v) is 9.90. The molecule has 0 spiro atoms. The van der Waals surface area contributed by atoms with Gasteiger partial charge in [0.1, 0.15) is 18.1 Å². The van der Waals surface area contributed by atoms with Crippen molar-refractivity contribution in [2.24, 2.45) is 0 Å². The zero-order chi connectivity index (χ0) is 23.3. The van der Waals surface area contributed by atoms with Crippen molar-refractivity contribution in [1.29, 1.82) is 0 Å². The Morgan fingerprint density at radius 3 is 2.45 bits per heavy atom. The lowest BCUT2D eigenvalue weighted by molar-refractivity contribution is -0.127. The molecule has 1 saturated heterocycles. The highest BCUT2D eigenvalue weighted by Gasteiger charge is 2.27. The van der Waals surface area contributed by atoms with E-state index in [1.165, 1.54) is 4.31 Å². The van der Waals surface area contributed by atoms with Crippen molar-refractivity contribution in [1.82, 2.24) is 9.62 Å². The molecule has 33 heavy (non-hydrogen) atoms. The number of sulfonamides is 1. The van der Waals surface area contributed by atoms with Crippen LogP contribution in [0, 0.1) is 0 Å². The minimum absolute atomic E-state index is 0.237. The lowest BCUT2D eigenvalue weighted by atomic mass is 10.1. The fraction of sp³-hybridized carbons (Fsp3) is 0.320. The van der Waals surface area contributed by atoms with E-state index in [1.807, 2.05) is 42.5 Å². The number of nitrogens with zero attached hydrogens (tertiary/aromatic N) is 1. The van der Waals surface area contributed by atoms with Crippen molar-refractivity contribution >= 4 is 26.7 Å². The number of carbonyl (C=O) groups excluding carboxylic acids is 1. The Balaban J connectivity index is 1.24. The summed E-state index contributed by atoms with van der Waals surface area (Å²) in [7, 11) is -3.43. The Bertz CT molecular complexity index is 1200. The number of hydrogen-bond donors (Lipinski definition) is 1. The maximum Gasteiger partial charge on any atom is 0.260 e. The van der Waals surface area contributed by atoms with E-state index in [1.54, 1.807) is 31.2 Å². The third-order valence-corrected chi connectivity index (χ3v) is 7.53. The van der Waals surface area contributed by atoms with E-state index < -0.39 is 16.1 Å². The van der Waals surface area contributed by atoms with Crippen molar-refractivity contribution in [2.45, 2.75) is 30.8 Å². The van der Waals surface area contributed by atoms with Crippen LogP contribution >= 0.6 is 0 Å². The number of nitrogens with one attached hydrogen (secondary N) is 1. The van der Waals surface area contributed by atoms with Crippen molar-refractivity contribution < 1.29 is 22.7 Å². The van der Waals surface area contributed by atoms with Crippen LogP contribution in [0.5, 0.6) is 11.5 Å². The van der Waals surface area contributed by atoms with E-state index in [-0.39, 0.29) is 17.4 Å². The molecule has 7 nitrogen and oxygen atoms in total. The number of fused-ring (bicyclic) bond motifs is 1. The molecule has 3 aromatic carbocycles. The molecule has 1 fully saturated rings. The lowest BCUT2D eigenvalue weighted by Crippen LogP contribution is -2.38. The predicted molar refractivity (Wildman–Crippen MR) is 127 cm³/mol. The molecule has 174 valence electrons. The van der Waals surface area contributed by atoms with Crippen LogP contribution in [0.3, 0.4) is 0 Å². The first kappa shape index (κ1) is 23.1. The molecule has 8 heteroatoms. The molecule has 1 heterocycles. The topological polar surface area (TPSA) is 84.9 Å².